The van der Waals surface area contributed by atoms with Crippen molar-refractivity contribution in [1.29, 1.82) is 0 Å². The third-order valence-corrected chi connectivity index (χ3v) is 4.19. The largest absolute Gasteiger partial charge is 0.343 e. The summed E-state index contributed by atoms with van der Waals surface area (Å²) < 4.78 is 1.76. The summed E-state index contributed by atoms with van der Waals surface area (Å²) in [6.45, 7) is 6.45. The summed E-state index contributed by atoms with van der Waals surface area (Å²) in [7, 11) is 0. The quantitative estimate of drug-likeness (QED) is 0.662. The van der Waals surface area contributed by atoms with Crippen LogP contribution in [0.1, 0.15) is 26.5 Å². The smallest absolute Gasteiger partial charge is 0.140 e. The molecule has 0 spiro atoms. The molecule has 3 nitrogen and oxygen atoms in total. The summed E-state index contributed by atoms with van der Waals surface area (Å²) in [5.74, 6) is 0.783. The molecule has 3 rings (SSSR count). The molecule has 3 heterocycles. The SMILES string of the molecule is CC(C)(C)c1cc(=S)nc(-c2cnc3ccsc3c2)[nH]1. The van der Waals surface area contributed by atoms with Crippen LogP contribution in [0.4, 0.5) is 0 Å². The molecule has 5 heteroatoms. The Kier molecular flexibility index (Phi) is 3.18. The first kappa shape index (κ1) is 13.4. The van der Waals surface area contributed by atoms with Crippen molar-refractivity contribution in [1.82, 2.24) is 15.0 Å². The van der Waals surface area contributed by atoms with Gasteiger partial charge in [0, 0.05) is 22.9 Å². The fourth-order valence-electron chi connectivity index (χ4n) is 1.97. The van der Waals surface area contributed by atoms with Crippen LogP contribution in [0.5, 0.6) is 0 Å². The van der Waals surface area contributed by atoms with E-state index in [1.54, 1.807) is 11.3 Å². The van der Waals surface area contributed by atoms with Crippen molar-refractivity contribution in [3.8, 4) is 11.4 Å². The third-order valence-electron chi connectivity index (χ3n) is 3.13. The maximum absolute atomic E-state index is 5.29. The lowest BCUT2D eigenvalue weighted by Crippen LogP contribution is -2.14. The monoisotopic (exact) mass is 301 g/mol. The van der Waals surface area contributed by atoms with Crippen molar-refractivity contribution in [3.63, 3.8) is 0 Å². The lowest BCUT2D eigenvalue weighted by atomic mass is 9.92. The van der Waals surface area contributed by atoms with E-state index in [4.69, 9.17) is 12.2 Å². The zero-order chi connectivity index (χ0) is 14.3. The van der Waals surface area contributed by atoms with Gasteiger partial charge >= 0.3 is 0 Å². The molecule has 0 aliphatic rings. The topological polar surface area (TPSA) is 41.6 Å². The van der Waals surface area contributed by atoms with E-state index < -0.39 is 0 Å². The van der Waals surface area contributed by atoms with Gasteiger partial charge in [0.15, 0.2) is 0 Å². The molecule has 0 aromatic carbocycles. The average Bonchev–Trinajstić information content (AvgIpc) is 2.84. The molecule has 0 aliphatic heterocycles. The lowest BCUT2D eigenvalue weighted by molar-refractivity contribution is 0.567. The molecule has 102 valence electrons. The summed E-state index contributed by atoms with van der Waals surface area (Å²) in [5, 5.41) is 2.04. The maximum atomic E-state index is 5.29. The highest BCUT2D eigenvalue weighted by molar-refractivity contribution is 7.71. The van der Waals surface area contributed by atoms with Crippen LogP contribution in [0.25, 0.3) is 21.6 Å². The molecule has 3 aromatic rings. The van der Waals surface area contributed by atoms with Gasteiger partial charge in [-0.25, -0.2) is 4.98 Å². The number of aromatic nitrogens is 3. The highest BCUT2D eigenvalue weighted by Crippen LogP contribution is 2.26. The second kappa shape index (κ2) is 4.75. The Bertz CT molecular complexity index is 825. The highest BCUT2D eigenvalue weighted by Gasteiger charge is 2.16. The number of nitrogens with zero attached hydrogens (tertiary/aromatic N) is 2. The van der Waals surface area contributed by atoms with Gasteiger partial charge < -0.3 is 4.98 Å². The average molecular weight is 301 g/mol. The van der Waals surface area contributed by atoms with Crippen LogP contribution in [-0.2, 0) is 5.41 Å². The zero-order valence-corrected chi connectivity index (χ0v) is 13.2. The second-order valence-corrected chi connectivity index (χ2v) is 7.13. The molecule has 0 saturated heterocycles. The molecule has 0 aliphatic carbocycles. The normalized spacial score (nSPS) is 11.9. The molecular weight excluding hydrogens is 286 g/mol. The highest BCUT2D eigenvalue weighted by atomic mass is 32.1. The standard InChI is InChI=1S/C15H15N3S2/c1-15(2,3)12-7-13(19)18-14(17-12)9-6-11-10(16-8-9)4-5-20-11/h4-8H,1-3H3,(H,17,18,19). The lowest BCUT2D eigenvalue weighted by Gasteiger charge is -2.19. The van der Waals surface area contributed by atoms with Crippen molar-refractivity contribution in [2.75, 3.05) is 0 Å². The minimum Gasteiger partial charge on any atom is -0.343 e. The Morgan fingerprint density at radius 3 is 2.80 bits per heavy atom. The summed E-state index contributed by atoms with van der Waals surface area (Å²) >= 11 is 6.97. The number of pyridine rings is 1. The van der Waals surface area contributed by atoms with Crippen LogP contribution in [0.3, 0.4) is 0 Å². The molecule has 0 atom stereocenters. The second-order valence-electron chi connectivity index (χ2n) is 5.76. The van der Waals surface area contributed by atoms with Gasteiger partial charge in [0.05, 0.1) is 10.2 Å². The van der Waals surface area contributed by atoms with Crippen molar-refractivity contribution >= 4 is 33.8 Å². The number of hydrogen-bond donors (Lipinski definition) is 1. The van der Waals surface area contributed by atoms with Gasteiger partial charge in [0.25, 0.3) is 0 Å². The summed E-state index contributed by atoms with van der Waals surface area (Å²) in [6.07, 6.45) is 1.84. The van der Waals surface area contributed by atoms with Gasteiger partial charge in [0.2, 0.25) is 0 Å². The van der Waals surface area contributed by atoms with Crippen LogP contribution in [0.2, 0.25) is 0 Å². The third kappa shape index (κ3) is 2.51. The van der Waals surface area contributed by atoms with E-state index in [1.165, 1.54) is 0 Å². The molecule has 0 radical (unpaired) electrons. The van der Waals surface area contributed by atoms with Crippen LogP contribution in [-0.4, -0.2) is 15.0 Å². The summed E-state index contributed by atoms with van der Waals surface area (Å²) in [6, 6.07) is 6.05. The van der Waals surface area contributed by atoms with E-state index in [-0.39, 0.29) is 5.41 Å². The molecule has 3 aromatic heterocycles. The molecule has 1 N–H and O–H groups in total. The minimum absolute atomic E-state index is 0.00567. The van der Waals surface area contributed by atoms with E-state index in [0.717, 1.165) is 27.3 Å². The first-order valence-electron chi connectivity index (χ1n) is 6.39. The van der Waals surface area contributed by atoms with E-state index in [1.807, 2.05) is 23.7 Å². The Labute approximate surface area is 126 Å². The van der Waals surface area contributed by atoms with E-state index in [0.29, 0.717) is 4.64 Å². The summed E-state index contributed by atoms with van der Waals surface area (Å²) in [4.78, 5) is 12.3. The van der Waals surface area contributed by atoms with E-state index in [2.05, 4.69) is 41.8 Å². The molecule has 0 amide bonds. The van der Waals surface area contributed by atoms with Crippen LogP contribution < -0.4 is 0 Å². The summed E-state index contributed by atoms with van der Waals surface area (Å²) in [5.41, 5.74) is 3.08. The van der Waals surface area contributed by atoms with Crippen LogP contribution in [0.15, 0.2) is 29.8 Å². The molecule has 0 saturated carbocycles. The number of hydrogen-bond acceptors (Lipinski definition) is 4. The van der Waals surface area contributed by atoms with Crippen molar-refractivity contribution in [2.24, 2.45) is 0 Å². The Morgan fingerprint density at radius 1 is 1.25 bits per heavy atom. The van der Waals surface area contributed by atoms with Gasteiger partial charge in [-0.05, 0) is 23.6 Å². The zero-order valence-electron chi connectivity index (χ0n) is 11.6. The number of fused-ring (bicyclic) bond motifs is 1. The number of rotatable bonds is 1. The maximum Gasteiger partial charge on any atom is 0.140 e. The minimum atomic E-state index is 0.00567. The van der Waals surface area contributed by atoms with Gasteiger partial charge in [-0.1, -0.05) is 33.0 Å². The Hall–Kier alpha value is -1.59. The molecule has 20 heavy (non-hydrogen) atoms. The molecule has 0 fully saturated rings. The van der Waals surface area contributed by atoms with Gasteiger partial charge in [0.1, 0.15) is 10.5 Å². The molecule has 0 bridgehead atoms. The fraction of sp³-hybridized carbons (Fsp3) is 0.267. The van der Waals surface area contributed by atoms with Gasteiger partial charge in [-0.2, -0.15) is 0 Å². The molecular formula is C15H15N3S2. The number of H-pyrrole nitrogens is 1. The Balaban J connectivity index is 2.18. The van der Waals surface area contributed by atoms with Gasteiger partial charge in [-0.3, -0.25) is 4.98 Å². The van der Waals surface area contributed by atoms with Crippen molar-refractivity contribution < 1.29 is 0 Å². The molecule has 0 unspecified atom stereocenters. The van der Waals surface area contributed by atoms with Gasteiger partial charge in [-0.15, -0.1) is 11.3 Å². The Morgan fingerprint density at radius 2 is 2.05 bits per heavy atom. The van der Waals surface area contributed by atoms with E-state index >= 15 is 0 Å². The predicted molar refractivity (Wildman–Crippen MR) is 86.7 cm³/mol. The number of thiophene rings is 1. The number of aromatic amines is 1. The number of nitrogens with one attached hydrogen (secondary N) is 1. The van der Waals surface area contributed by atoms with Crippen LogP contribution in [0, 0.1) is 4.64 Å². The van der Waals surface area contributed by atoms with Crippen molar-refractivity contribution in [3.05, 3.63) is 40.1 Å². The van der Waals surface area contributed by atoms with E-state index in [9.17, 15) is 0 Å². The fourth-order valence-corrected chi connectivity index (χ4v) is 2.96. The first-order valence-corrected chi connectivity index (χ1v) is 7.68. The predicted octanol–water partition coefficient (Wildman–Crippen LogP) is 4.71. The van der Waals surface area contributed by atoms with Crippen molar-refractivity contribution in [2.45, 2.75) is 26.2 Å². The first-order chi connectivity index (χ1) is 9.43. The van der Waals surface area contributed by atoms with Crippen LogP contribution >= 0.6 is 23.6 Å².